The van der Waals surface area contributed by atoms with Crippen molar-refractivity contribution >= 4 is 27.4 Å². The second-order valence-corrected chi connectivity index (χ2v) is 9.51. The maximum absolute atomic E-state index is 13.4. The molecule has 6 nitrogen and oxygen atoms in total. The Labute approximate surface area is 165 Å². The van der Waals surface area contributed by atoms with E-state index in [0.717, 1.165) is 11.8 Å². The fraction of sp³-hybridized carbons (Fsp3) is 0.333. The van der Waals surface area contributed by atoms with Gasteiger partial charge in [-0.25, -0.2) is 13.2 Å². The molecule has 1 unspecified atom stereocenters. The van der Waals surface area contributed by atoms with Crippen molar-refractivity contribution in [2.24, 2.45) is 0 Å². The van der Waals surface area contributed by atoms with Gasteiger partial charge in [0.05, 0.1) is 10.5 Å². The largest absolute Gasteiger partial charge is 0.445 e. The lowest BCUT2D eigenvalue weighted by Crippen LogP contribution is -2.55. The average molecular weight is 401 g/mol. The summed E-state index contributed by atoms with van der Waals surface area (Å²) in [5, 5.41) is 0. The molecule has 0 spiro atoms. The van der Waals surface area contributed by atoms with Gasteiger partial charge in [-0.3, -0.25) is 4.79 Å². The van der Waals surface area contributed by atoms with Crippen LogP contribution < -0.4 is 4.90 Å². The maximum atomic E-state index is 13.4. The monoisotopic (exact) mass is 401 g/mol. The van der Waals surface area contributed by atoms with Gasteiger partial charge >= 0.3 is 5.97 Å². The molecule has 0 aliphatic carbocycles. The van der Waals surface area contributed by atoms with Gasteiger partial charge in [0.25, 0.3) is 5.91 Å². The fourth-order valence-corrected chi connectivity index (χ4v) is 4.04. The van der Waals surface area contributed by atoms with Crippen molar-refractivity contribution in [1.29, 1.82) is 0 Å². The van der Waals surface area contributed by atoms with E-state index in [0.29, 0.717) is 11.3 Å². The molecule has 0 radical (unpaired) electrons. The normalized spacial score (nSPS) is 19.1. The highest BCUT2D eigenvalue weighted by molar-refractivity contribution is 7.90. The first-order chi connectivity index (χ1) is 13.0. The number of esters is 1. The van der Waals surface area contributed by atoms with E-state index in [1.54, 1.807) is 31.2 Å². The Bertz CT molecular complexity index is 1030. The minimum atomic E-state index is -3.33. The predicted octanol–water partition coefficient (Wildman–Crippen LogP) is 3.00. The molecule has 3 rings (SSSR count). The van der Waals surface area contributed by atoms with Crippen LogP contribution in [0.5, 0.6) is 0 Å². The lowest BCUT2D eigenvalue weighted by Gasteiger charge is -2.38. The highest BCUT2D eigenvalue weighted by atomic mass is 32.2. The number of fused-ring (bicyclic) bond motifs is 1. The highest BCUT2D eigenvalue weighted by Crippen LogP contribution is 2.32. The number of benzene rings is 2. The van der Waals surface area contributed by atoms with Gasteiger partial charge in [0.2, 0.25) is 0 Å². The number of sulfone groups is 1. The van der Waals surface area contributed by atoms with Gasteiger partial charge in [-0.1, -0.05) is 18.2 Å². The minimum absolute atomic E-state index is 0.177. The number of carbonyl (C=O) groups is 2. The van der Waals surface area contributed by atoms with Gasteiger partial charge in [0, 0.05) is 24.4 Å². The van der Waals surface area contributed by atoms with Crippen LogP contribution in [0.4, 0.5) is 5.69 Å². The van der Waals surface area contributed by atoms with Gasteiger partial charge in [0.15, 0.2) is 15.4 Å². The zero-order valence-corrected chi connectivity index (χ0v) is 17.1. The van der Waals surface area contributed by atoms with Crippen LogP contribution in [0.3, 0.4) is 0 Å². The van der Waals surface area contributed by atoms with Gasteiger partial charge in [-0.2, -0.15) is 0 Å². The third-order valence-electron chi connectivity index (χ3n) is 4.81. The molecular weight excluding hydrogens is 378 g/mol. The second-order valence-electron chi connectivity index (χ2n) is 7.49. The standard InChI is InChI=1S/C21H23NO5S/c1-14(2)22(16-9-11-17(12-10-16)28(4,25)26)20(24)21(3)13-15-7-5-6-8-18(15)19(23)27-21/h5-12,14H,13H2,1-4H3. The first-order valence-electron chi connectivity index (χ1n) is 8.98. The van der Waals surface area contributed by atoms with E-state index in [9.17, 15) is 18.0 Å². The number of cyclic esters (lactones) is 1. The number of ether oxygens (including phenoxy) is 1. The van der Waals surface area contributed by atoms with Crippen molar-refractivity contribution < 1.29 is 22.7 Å². The van der Waals surface area contributed by atoms with Crippen molar-refractivity contribution in [3.8, 4) is 0 Å². The summed E-state index contributed by atoms with van der Waals surface area (Å²) in [4.78, 5) is 27.6. The molecule has 0 aromatic heterocycles. The number of hydrogen-bond donors (Lipinski definition) is 0. The molecule has 2 aromatic rings. The van der Waals surface area contributed by atoms with Crippen LogP contribution in [0.2, 0.25) is 0 Å². The third-order valence-corrected chi connectivity index (χ3v) is 5.94. The van der Waals surface area contributed by atoms with Crippen LogP contribution in [-0.4, -0.2) is 38.2 Å². The smallest absolute Gasteiger partial charge is 0.339 e. The van der Waals surface area contributed by atoms with Crippen LogP contribution in [0, 0.1) is 0 Å². The summed E-state index contributed by atoms with van der Waals surface area (Å²) in [6.07, 6.45) is 1.41. The molecule has 1 heterocycles. The number of hydrogen-bond acceptors (Lipinski definition) is 5. The number of amides is 1. The van der Waals surface area contributed by atoms with Crippen molar-refractivity contribution in [3.63, 3.8) is 0 Å². The molecule has 0 saturated carbocycles. The summed E-state index contributed by atoms with van der Waals surface area (Å²) in [6.45, 7) is 5.32. The van der Waals surface area contributed by atoms with Crippen LogP contribution in [0.15, 0.2) is 53.4 Å². The van der Waals surface area contributed by atoms with Gasteiger partial charge in [-0.15, -0.1) is 0 Å². The lowest BCUT2D eigenvalue weighted by atomic mass is 9.88. The Morgan fingerprint density at radius 3 is 2.29 bits per heavy atom. The second kappa shape index (κ2) is 7.05. The first kappa shape index (κ1) is 20.1. The minimum Gasteiger partial charge on any atom is -0.445 e. The van der Waals surface area contributed by atoms with Crippen molar-refractivity contribution in [3.05, 3.63) is 59.7 Å². The van der Waals surface area contributed by atoms with E-state index in [-0.39, 0.29) is 23.3 Å². The van der Waals surface area contributed by atoms with E-state index in [1.807, 2.05) is 26.0 Å². The molecule has 0 fully saturated rings. The Morgan fingerprint density at radius 2 is 1.71 bits per heavy atom. The Balaban J connectivity index is 1.97. The Kier molecular flexibility index (Phi) is 5.06. The molecule has 1 aliphatic rings. The molecule has 2 aromatic carbocycles. The molecular formula is C21H23NO5S. The molecule has 0 saturated heterocycles. The van der Waals surface area contributed by atoms with Crippen LogP contribution >= 0.6 is 0 Å². The fourth-order valence-electron chi connectivity index (χ4n) is 3.41. The highest BCUT2D eigenvalue weighted by Gasteiger charge is 2.45. The third kappa shape index (κ3) is 3.67. The number of rotatable bonds is 4. The molecule has 28 heavy (non-hydrogen) atoms. The molecule has 1 atom stereocenters. The molecule has 0 bridgehead atoms. The Hall–Kier alpha value is -2.67. The first-order valence-corrected chi connectivity index (χ1v) is 10.9. The van der Waals surface area contributed by atoms with Gasteiger partial charge in [0.1, 0.15) is 0 Å². The SMILES string of the molecule is CC(C)N(C(=O)C1(C)Cc2ccccc2C(=O)O1)c1ccc(S(C)(=O)=O)cc1. The number of nitrogens with zero attached hydrogens (tertiary/aromatic N) is 1. The molecule has 1 amide bonds. The zero-order chi connectivity index (χ0) is 20.7. The topological polar surface area (TPSA) is 80.8 Å². The summed E-state index contributed by atoms with van der Waals surface area (Å²) in [6, 6.07) is 13.0. The van der Waals surface area contributed by atoms with E-state index in [4.69, 9.17) is 4.74 Å². The zero-order valence-electron chi connectivity index (χ0n) is 16.3. The van der Waals surface area contributed by atoms with Crippen molar-refractivity contribution in [2.75, 3.05) is 11.2 Å². The van der Waals surface area contributed by atoms with Crippen LogP contribution in [0.1, 0.15) is 36.7 Å². The average Bonchev–Trinajstić information content (AvgIpc) is 2.61. The van der Waals surface area contributed by atoms with Crippen LogP contribution in [0.25, 0.3) is 0 Å². The molecule has 7 heteroatoms. The van der Waals surface area contributed by atoms with E-state index < -0.39 is 21.4 Å². The quantitative estimate of drug-likeness (QED) is 0.736. The predicted molar refractivity (Wildman–Crippen MR) is 106 cm³/mol. The molecule has 0 N–H and O–H groups in total. The number of carbonyl (C=O) groups excluding carboxylic acids is 2. The van der Waals surface area contributed by atoms with E-state index in [1.165, 1.54) is 17.0 Å². The van der Waals surface area contributed by atoms with Crippen molar-refractivity contribution in [2.45, 2.75) is 43.7 Å². The number of anilines is 1. The summed E-state index contributed by atoms with van der Waals surface area (Å²) < 4.78 is 29.0. The van der Waals surface area contributed by atoms with E-state index >= 15 is 0 Å². The summed E-state index contributed by atoms with van der Waals surface area (Å²) in [5.41, 5.74) is 0.446. The summed E-state index contributed by atoms with van der Waals surface area (Å²) in [5.74, 6) is -0.869. The van der Waals surface area contributed by atoms with Crippen molar-refractivity contribution in [1.82, 2.24) is 0 Å². The van der Waals surface area contributed by atoms with Gasteiger partial charge in [-0.05, 0) is 56.7 Å². The lowest BCUT2D eigenvalue weighted by molar-refractivity contribution is -0.137. The summed E-state index contributed by atoms with van der Waals surface area (Å²) >= 11 is 0. The maximum Gasteiger partial charge on any atom is 0.339 e. The van der Waals surface area contributed by atoms with Gasteiger partial charge < -0.3 is 9.64 Å². The van der Waals surface area contributed by atoms with Crippen LogP contribution in [-0.2, 0) is 25.8 Å². The molecule has 1 aliphatic heterocycles. The Morgan fingerprint density at radius 1 is 1.11 bits per heavy atom. The summed E-state index contributed by atoms with van der Waals surface area (Å²) in [7, 11) is -3.33. The van der Waals surface area contributed by atoms with E-state index in [2.05, 4.69) is 0 Å². The molecule has 148 valence electrons.